The first-order valence-electron chi connectivity index (χ1n) is 5.85. The van der Waals surface area contributed by atoms with Crippen molar-refractivity contribution in [3.63, 3.8) is 0 Å². The van der Waals surface area contributed by atoms with Crippen LogP contribution in [0.1, 0.15) is 27.2 Å². The molecule has 1 aromatic heterocycles. The van der Waals surface area contributed by atoms with Gasteiger partial charge in [0, 0.05) is 4.88 Å². The largest absolute Gasteiger partial charge is 0.271 e. The Kier molecular flexibility index (Phi) is 4.24. The van der Waals surface area contributed by atoms with Gasteiger partial charge in [-0.1, -0.05) is 0 Å². The SMILES string of the molecule is Cc1nc(C)c(C(Cc2cc(F)ccc2F)NN)s1. The van der Waals surface area contributed by atoms with Gasteiger partial charge in [0.05, 0.1) is 16.7 Å². The smallest absolute Gasteiger partial charge is 0.126 e. The summed E-state index contributed by atoms with van der Waals surface area (Å²) in [6.45, 7) is 3.78. The highest BCUT2D eigenvalue weighted by Crippen LogP contribution is 2.27. The molecule has 0 aliphatic rings. The summed E-state index contributed by atoms with van der Waals surface area (Å²) in [4.78, 5) is 5.26. The van der Waals surface area contributed by atoms with Crippen molar-refractivity contribution in [2.24, 2.45) is 5.84 Å². The molecule has 2 aromatic rings. The van der Waals surface area contributed by atoms with Gasteiger partial charge in [0.1, 0.15) is 11.6 Å². The highest BCUT2D eigenvalue weighted by atomic mass is 32.1. The number of nitrogens with two attached hydrogens (primary N) is 1. The van der Waals surface area contributed by atoms with E-state index in [0.717, 1.165) is 27.7 Å². The van der Waals surface area contributed by atoms with Crippen molar-refractivity contribution in [3.8, 4) is 0 Å². The van der Waals surface area contributed by atoms with Crippen molar-refractivity contribution in [2.75, 3.05) is 0 Å². The third-order valence-corrected chi connectivity index (χ3v) is 4.08. The quantitative estimate of drug-likeness (QED) is 0.670. The molecule has 0 amide bonds. The molecule has 1 heterocycles. The van der Waals surface area contributed by atoms with Crippen LogP contribution in [0.4, 0.5) is 8.78 Å². The van der Waals surface area contributed by atoms with Crippen LogP contribution in [0.25, 0.3) is 0 Å². The molecule has 0 radical (unpaired) electrons. The van der Waals surface area contributed by atoms with Crippen LogP contribution >= 0.6 is 11.3 Å². The van der Waals surface area contributed by atoms with E-state index in [-0.39, 0.29) is 12.5 Å². The number of hydrazine groups is 1. The van der Waals surface area contributed by atoms with E-state index in [9.17, 15) is 8.78 Å². The van der Waals surface area contributed by atoms with E-state index in [0.29, 0.717) is 5.56 Å². The van der Waals surface area contributed by atoms with Gasteiger partial charge in [-0.15, -0.1) is 11.3 Å². The minimum atomic E-state index is -0.454. The number of nitrogens with one attached hydrogen (secondary N) is 1. The minimum Gasteiger partial charge on any atom is -0.271 e. The lowest BCUT2D eigenvalue weighted by Gasteiger charge is -2.15. The van der Waals surface area contributed by atoms with Crippen molar-refractivity contribution in [3.05, 3.63) is 51.0 Å². The molecule has 19 heavy (non-hydrogen) atoms. The Hall–Kier alpha value is -1.37. The molecule has 1 aromatic carbocycles. The Labute approximate surface area is 114 Å². The number of aryl methyl sites for hydroxylation is 2. The van der Waals surface area contributed by atoms with Crippen molar-refractivity contribution in [1.29, 1.82) is 0 Å². The van der Waals surface area contributed by atoms with E-state index in [1.807, 2.05) is 13.8 Å². The number of thiazole rings is 1. The fraction of sp³-hybridized carbons (Fsp3) is 0.308. The second-order valence-electron chi connectivity index (χ2n) is 4.34. The first-order chi connectivity index (χ1) is 9.01. The molecule has 0 bridgehead atoms. The zero-order valence-corrected chi connectivity index (χ0v) is 11.5. The van der Waals surface area contributed by atoms with E-state index in [4.69, 9.17) is 5.84 Å². The maximum Gasteiger partial charge on any atom is 0.126 e. The molecule has 1 unspecified atom stereocenters. The van der Waals surface area contributed by atoms with Crippen LogP contribution in [-0.2, 0) is 6.42 Å². The summed E-state index contributed by atoms with van der Waals surface area (Å²) in [7, 11) is 0. The van der Waals surface area contributed by atoms with Crippen LogP contribution in [0, 0.1) is 25.5 Å². The van der Waals surface area contributed by atoms with Crippen LogP contribution in [0.3, 0.4) is 0 Å². The maximum absolute atomic E-state index is 13.6. The lowest BCUT2D eigenvalue weighted by atomic mass is 10.0. The molecule has 0 spiro atoms. The van der Waals surface area contributed by atoms with Gasteiger partial charge in [0.2, 0.25) is 0 Å². The molecule has 0 aliphatic heterocycles. The topological polar surface area (TPSA) is 50.9 Å². The summed E-state index contributed by atoms with van der Waals surface area (Å²) < 4.78 is 26.8. The Morgan fingerprint density at radius 3 is 2.68 bits per heavy atom. The number of hydrogen-bond acceptors (Lipinski definition) is 4. The van der Waals surface area contributed by atoms with E-state index in [1.54, 1.807) is 0 Å². The fourth-order valence-corrected chi connectivity index (χ4v) is 3.01. The summed E-state index contributed by atoms with van der Waals surface area (Å²) in [5.74, 6) is 4.65. The summed E-state index contributed by atoms with van der Waals surface area (Å²) in [6.07, 6.45) is 0.280. The molecule has 0 fully saturated rings. The number of halogens is 2. The predicted octanol–water partition coefficient (Wildman–Crippen LogP) is 2.79. The standard InChI is InChI=1S/C13H15F2N3S/c1-7-13(19-8(2)17-7)12(18-16)6-9-5-10(14)3-4-11(9)15/h3-5,12,18H,6,16H2,1-2H3. The molecule has 3 N–H and O–H groups in total. The number of nitrogens with zero attached hydrogens (tertiary/aromatic N) is 1. The summed E-state index contributed by atoms with van der Waals surface area (Å²) in [6, 6.07) is 3.15. The predicted molar refractivity (Wildman–Crippen MR) is 71.7 cm³/mol. The van der Waals surface area contributed by atoms with E-state index >= 15 is 0 Å². The molecule has 1 atom stereocenters. The minimum absolute atomic E-state index is 0.275. The molecule has 0 aliphatic carbocycles. The lowest BCUT2D eigenvalue weighted by molar-refractivity contribution is 0.526. The van der Waals surface area contributed by atoms with Gasteiger partial charge < -0.3 is 0 Å². The second-order valence-corrected chi connectivity index (χ2v) is 5.58. The number of rotatable bonds is 4. The molecule has 0 saturated carbocycles. The van der Waals surface area contributed by atoms with E-state index in [2.05, 4.69) is 10.4 Å². The Bertz CT molecular complexity index is 583. The Morgan fingerprint density at radius 2 is 2.11 bits per heavy atom. The number of benzene rings is 1. The normalized spacial score (nSPS) is 12.7. The summed E-state index contributed by atoms with van der Waals surface area (Å²) >= 11 is 1.51. The third kappa shape index (κ3) is 3.15. The van der Waals surface area contributed by atoms with Gasteiger partial charge in [-0.25, -0.2) is 13.8 Å². The van der Waals surface area contributed by atoms with Gasteiger partial charge in [0.25, 0.3) is 0 Å². The van der Waals surface area contributed by atoms with Crippen molar-refractivity contribution in [1.82, 2.24) is 10.4 Å². The fourth-order valence-electron chi connectivity index (χ4n) is 2.02. The van der Waals surface area contributed by atoms with Gasteiger partial charge in [-0.05, 0) is 44.0 Å². The van der Waals surface area contributed by atoms with Crippen LogP contribution in [0.15, 0.2) is 18.2 Å². The van der Waals surface area contributed by atoms with Crippen LogP contribution < -0.4 is 11.3 Å². The Balaban J connectivity index is 2.29. The van der Waals surface area contributed by atoms with Gasteiger partial charge in [0.15, 0.2) is 0 Å². The van der Waals surface area contributed by atoms with E-state index in [1.165, 1.54) is 17.4 Å². The van der Waals surface area contributed by atoms with Crippen molar-refractivity contribution < 1.29 is 8.78 Å². The molecule has 3 nitrogen and oxygen atoms in total. The highest BCUT2D eigenvalue weighted by Gasteiger charge is 2.18. The number of hydrogen-bond donors (Lipinski definition) is 2. The van der Waals surface area contributed by atoms with E-state index < -0.39 is 11.6 Å². The third-order valence-electron chi connectivity index (χ3n) is 2.89. The average molecular weight is 283 g/mol. The molecular weight excluding hydrogens is 268 g/mol. The van der Waals surface area contributed by atoms with Gasteiger partial charge in [-0.2, -0.15) is 0 Å². The molecule has 102 valence electrons. The summed E-state index contributed by atoms with van der Waals surface area (Å²) in [5, 5.41) is 0.924. The first kappa shape index (κ1) is 14.0. The van der Waals surface area contributed by atoms with Crippen LogP contribution in [0.5, 0.6) is 0 Å². The number of aromatic nitrogens is 1. The molecular formula is C13H15F2N3S. The average Bonchev–Trinajstić information content (AvgIpc) is 2.69. The molecule has 6 heteroatoms. The maximum atomic E-state index is 13.6. The Morgan fingerprint density at radius 1 is 1.37 bits per heavy atom. The highest BCUT2D eigenvalue weighted by molar-refractivity contribution is 7.11. The van der Waals surface area contributed by atoms with Crippen LogP contribution in [0.2, 0.25) is 0 Å². The molecule has 0 saturated heterocycles. The van der Waals surface area contributed by atoms with Gasteiger partial charge in [-0.3, -0.25) is 11.3 Å². The molecule has 2 rings (SSSR count). The van der Waals surface area contributed by atoms with Gasteiger partial charge >= 0.3 is 0 Å². The van der Waals surface area contributed by atoms with Crippen LogP contribution in [-0.4, -0.2) is 4.98 Å². The van der Waals surface area contributed by atoms with Crippen molar-refractivity contribution >= 4 is 11.3 Å². The zero-order chi connectivity index (χ0) is 14.0. The first-order valence-corrected chi connectivity index (χ1v) is 6.67. The lowest BCUT2D eigenvalue weighted by Crippen LogP contribution is -2.29. The zero-order valence-electron chi connectivity index (χ0n) is 10.7. The van der Waals surface area contributed by atoms with Crippen molar-refractivity contribution in [2.45, 2.75) is 26.3 Å². The summed E-state index contributed by atoms with van der Waals surface area (Å²) in [5.41, 5.74) is 3.81. The second kappa shape index (κ2) is 5.73. The monoisotopic (exact) mass is 283 g/mol.